The molecule has 0 saturated heterocycles. The number of carbonyl (C=O) groups is 2. The van der Waals surface area contributed by atoms with Crippen LogP contribution in [0.25, 0.3) is 0 Å². The van der Waals surface area contributed by atoms with E-state index in [2.05, 4.69) is 15.6 Å². The highest BCUT2D eigenvalue weighted by atomic mass is 16.5. The zero-order chi connectivity index (χ0) is 17.4. The molecule has 2 aromatic rings. The number of methoxy groups -OCH3 is 1. The lowest BCUT2D eigenvalue weighted by Gasteiger charge is -2.08. The van der Waals surface area contributed by atoms with Crippen LogP contribution in [0.2, 0.25) is 0 Å². The second kappa shape index (κ2) is 8.52. The Morgan fingerprint density at radius 3 is 2.38 bits per heavy atom. The second-order valence-electron chi connectivity index (χ2n) is 4.95. The number of nitrogens with one attached hydrogen (secondary N) is 2. The maximum Gasteiger partial charge on any atom is 0.314 e. The maximum atomic E-state index is 11.7. The molecule has 1 aromatic carbocycles. The van der Waals surface area contributed by atoms with Gasteiger partial charge in [-0.2, -0.15) is 0 Å². The molecule has 2 N–H and O–H groups in total. The minimum absolute atomic E-state index is 0.208. The lowest BCUT2D eigenvalue weighted by Crippen LogP contribution is -2.37. The van der Waals surface area contributed by atoms with Crippen LogP contribution >= 0.6 is 0 Å². The van der Waals surface area contributed by atoms with Crippen LogP contribution in [0.1, 0.15) is 5.56 Å². The number of anilines is 1. The van der Waals surface area contributed by atoms with Crippen molar-refractivity contribution in [3.05, 3.63) is 48.2 Å². The third-order valence-electron chi connectivity index (χ3n) is 3.07. The monoisotopic (exact) mass is 329 g/mol. The molecule has 1 aromatic heterocycles. The van der Waals surface area contributed by atoms with Crippen LogP contribution in [0, 0.1) is 6.92 Å². The molecule has 0 atom stereocenters. The highest BCUT2D eigenvalue weighted by Crippen LogP contribution is 2.16. The van der Waals surface area contributed by atoms with Crippen LogP contribution in [0.15, 0.2) is 42.6 Å². The summed E-state index contributed by atoms with van der Waals surface area (Å²) in [5.41, 5.74) is 0.966. The minimum Gasteiger partial charge on any atom is -0.497 e. The molecule has 2 amide bonds. The average Bonchev–Trinajstić information content (AvgIpc) is 2.61. The molecule has 126 valence electrons. The smallest absolute Gasteiger partial charge is 0.314 e. The number of carbonyl (C=O) groups excluding carboxylic acids is 2. The predicted molar refractivity (Wildman–Crippen MR) is 89.1 cm³/mol. The van der Waals surface area contributed by atoms with Crippen LogP contribution in [-0.4, -0.2) is 37.1 Å². The van der Waals surface area contributed by atoms with E-state index in [1.54, 1.807) is 49.7 Å². The first-order chi connectivity index (χ1) is 11.6. The van der Waals surface area contributed by atoms with Gasteiger partial charge in [-0.1, -0.05) is 6.07 Å². The lowest BCUT2D eigenvalue weighted by atomic mass is 10.3. The van der Waals surface area contributed by atoms with Gasteiger partial charge < -0.3 is 20.1 Å². The van der Waals surface area contributed by atoms with Gasteiger partial charge in [-0.25, -0.2) is 4.98 Å². The summed E-state index contributed by atoms with van der Waals surface area (Å²) in [5.74, 6) is 0.206. The molecule has 0 radical (unpaired) electrons. The molecule has 0 aliphatic rings. The van der Waals surface area contributed by atoms with Gasteiger partial charge in [0.25, 0.3) is 0 Å². The van der Waals surface area contributed by atoms with Crippen molar-refractivity contribution in [2.75, 3.05) is 25.6 Å². The summed E-state index contributed by atoms with van der Waals surface area (Å²) in [6, 6.07) is 10.5. The first-order valence-corrected chi connectivity index (χ1v) is 7.37. The molecule has 0 aliphatic heterocycles. The van der Waals surface area contributed by atoms with Crippen LogP contribution in [0.4, 0.5) is 5.82 Å². The van der Waals surface area contributed by atoms with E-state index in [0.29, 0.717) is 11.6 Å². The van der Waals surface area contributed by atoms with Crippen molar-refractivity contribution in [1.29, 1.82) is 0 Å². The zero-order valence-corrected chi connectivity index (χ0v) is 13.5. The highest BCUT2D eigenvalue weighted by Gasteiger charge is 2.13. The van der Waals surface area contributed by atoms with Gasteiger partial charge in [-0.15, -0.1) is 0 Å². The summed E-state index contributed by atoms with van der Waals surface area (Å²) in [4.78, 5) is 27.4. The van der Waals surface area contributed by atoms with Crippen molar-refractivity contribution in [1.82, 2.24) is 10.3 Å². The molecular weight excluding hydrogens is 310 g/mol. The SMILES string of the molecule is COc1ccc(OCCNC(=O)C(=O)Nc2ccc(C)cn2)cc1. The summed E-state index contributed by atoms with van der Waals surface area (Å²) in [6.07, 6.45) is 1.61. The molecule has 7 nitrogen and oxygen atoms in total. The first kappa shape index (κ1) is 17.3. The van der Waals surface area contributed by atoms with Gasteiger partial charge in [0.15, 0.2) is 0 Å². The number of pyridine rings is 1. The van der Waals surface area contributed by atoms with Crippen LogP contribution in [-0.2, 0) is 9.59 Å². The van der Waals surface area contributed by atoms with Crippen LogP contribution < -0.4 is 20.1 Å². The van der Waals surface area contributed by atoms with Gasteiger partial charge in [0.05, 0.1) is 13.7 Å². The molecule has 0 spiro atoms. The molecule has 0 aliphatic carbocycles. The largest absolute Gasteiger partial charge is 0.497 e. The first-order valence-electron chi connectivity index (χ1n) is 7.37. The van der Waals surface area contributed by atoms with Crippen LogP contribution in [0.3, 0.4) is 0 Å². The van der Waals surface area contributed by atoms with Crippen molar-refractivity contribution in [2.45, 2.75) is 6.92 Å². The van der Waals surface area contributed by atoms with Gasteiger partial charge in [-0.3, -0.25) is 9.59 Å². The minimum atomic E-state index is -0.768. The van der Waals surface area contributed by atoms with E-state index >= 15 is 0 Å². The Bertz CT molecular complexity index is 684. The Morgan fingerprint density at radius 2 is 1.75 bits per heavy atom. The Morgan fingerprint density at radius 1 is 1.04 bits per heavy atom. The Kier molecular flexibility index (Phi) is 6.13. The molecule has 2 rings (SSSR count). The van der Waals surface area contributed by atoms with Crippen LogP contribution in [0.5, 0.6) is 11.5 Å². The summed E-state index contributed by atoms with van der Waals surface area (Å²) in [5, 5.41) is 4.90. The molecular formula is C17H19N3O4. The number of benzene rings is 1. The fourth-order valence-corrected chi connectivity index (χ4v) is 1.80. The normalized spacial score (nSPS) is 9.92. The van der Waals surface area contributed by atoms with Gasteiger partial charge in [0.2, 0.25) is 0 Å². The number of rotatable bonds is 6. The van der Waals surface area contributed by atoms with Gasteiger partial charge in [-0.05, 0) is 42.8 Å². The molecule has 24 heavy (non-hydrogen) atoms. The standard InChI is InChI=1S/C17H19N3O4/c1-12-3-8-15(19-11-12)20-17(22)16(21)18-9-10-24-14-6-4-13(23-2)5-7-14/h3-8,11H,9-10H2,1-2H3,(H,18,21)(H,19,20,22). The van der Waals surface area contributed by atoms with Crippen molar-refractivity contribution in [3.63, 3.8) is 0 Å². The summed E-state index contributed by atoms with van der Waals surface area (Å²) < 4.78 is 10.5. The van der Waals surface area contributed by atoms with E-state index < -0.39 is 11.8 Å². The van der Waals surface area contributed by atoms with E-state index in [9.17, 15) is 9.59 Å². The highest BCUT2D eigenvalue weighted by molar-refractivity contribution is 6.39. The third-order valence-corrected chi connectivity index (χ3v) is 3.07. The third kappa shape index (κ3) is 5.28. The van der Waals surface area contributed by atoms with Gasteiger partial charge in [0, 0.05) is 6.20 Å². The molecule has 0 saturated carbocycles. The molecule has 1 heterocycles. The fourth-order valence-electron chi connectivity index (χ4n) is 1.80. The average molecular weight is 329 g/mol. The Labute approximate surface area is 140 Å². The zero-order valence-electron chi connectivity index (χ0n) is 13.5. The fraction of sp³-hybridized carbons (Fsp3) is 0.235. The van der Waals surface area contributed by atoms with Gasteiger partial charge in [0.1, 0.15) is 23.9 Å². The lowest BCUT2D eigenvalue weighted by molar-refractivity contribution is -0.136. The number of aromatic nitrogens is 1. The quantitative estimate of drug-likeness (QED) is 0.620. The summed E-state index contributed by atoms with van der Waals surface area (Å²) in [6.45, 7) is 2.34. The Balaban J connectivity index is 1.70. The van der Waals surface area contributed by atoms with E-state index in [1.165, 1.54) is 0 Å². The van der Waals surface area contributed by atoms with Crippen molar-refractivity contribution < 1.29 is 19.1 Å². The molecule has 7 heteroatoms. The van der Waals surface area contributed by atoms with Crippen molar-refractivity contribution in [3.8, 4) is 11.5 Å². The number of nitrogens with zero attached hydrogens (tertiary/aromatic N) is 1. The van der Waals surface area contributed by atoms with Crippen molar-refractivity contribution >= 4 is 17.6 Å². The number of aryl methyl sites for hydroxylation is 1. The second-order valence-corrected chi connectivity index (χ2v) is 4.95. The van der Waals surface area contributed by atoms with Gasteiger partial charge >= 0.3 is 11.8 Å². The number of ether oxygens (including phenoxy) is 2. The topological polar surface area (TPSA) is 89.5 Å². The summed E-state index contributed by atoms with van der Waals surface area (Å²) in [7, 11) is 1.59. The maximum absolute atomic E-state index is 11.7. The number of hydrogen-bond donors (Lipinski definition) is 2. The number of amides is 2. The molecule has 0 unspecified atom stereocenters. The van der Waals surface area contributed by atoms with E-state index in [4.69, 9.17) is 9.47 Å². The Hall–Kier alpha value is -3.09. The predicted octanol–water partition coefficient (Wildman–Crippen LogP) is 1.53. The summed E-state index contributed by atoms with van der Waals surface area (Å²) >= 11 is 0. The van der Waals surface area contributed by atoms with E-state index in [-0.39, 0.29) is 13.2 Å². The van der Waals surface area contributed by atoms with E-state index in [1.807, 2.05) is 6.92 Å². The molecule has 0 fully saturated rings. The number of hydrogen-bond acceptors (Lipinski definition) is 5. The van der Waals surface area contributed by atoms with E-state index in [0.717, 1.165) is 11.3 Å². The van der Waals surface area contributed by atoms with Crippen molar-refractivity contribution in [2.24, 2.45) is 0 Å². The molecule has 0 bridgehead atoms.